The summed E-state index contributed by atoms with van der Waals surface area (Å²) in [5, 5.41) is 5.86. The molecule has 0 aromatic heterocycles. The predicted molar refractivity (Wildman–Crippen MR) is 161 cm³/mol. The zero-order valence-corrected chi connectivity index (χ0v) is 25.3. The van der Waals surface area contributed by atoms with Gasteiger partial charge in [0.2, 0.25) is 5.91 Å². The average Bonchev–Trinajstić information content (AvgIpc) is 2.86. The molecule has 2 aromatic rings. The molecule has 0 radical (unpaired) electrons. The number of alkyl carbamates (subject to hydrolysis) is 1. The molecule has 2 rings (SSSR count). The van der Waals surface area contributed by atoms with Crippen molar-refractivity contribution in [3.63, 3.8) is 0 Å². The average molecular weight is 556 g/mol. The Hall–Kier alpha value is -3.00. The van der Waals surface area contributed by atoms with Crippen LogP contribution in [0.25, 0.3) is 0 Å². The molecule has 8 heteroatoms. The van der Waals surface area contributed by atoms with Crippen molar-refractivity contribution in [1.29, 1.82) is 0 Å². The van der Waals surface area contributed by atoms with Gasteiger partial charge >= 0.3 is 6.09 Å². The van der Waals surface area contributed by atoms with Gasteiger partial charge in [0.15, 0.2) is 0 Å². The van der Waals surface area contributed by atoms with Crippen molar-refractivity contribution in [3.8, 4) is 0 Å². The van der Waals surface area contributed by atoms with E-state index in [1.807, 2.05) is 68.6 Å². The molecule has 0 saturated carbocycles. The van der Waals surface area contributed by atoms with E-state index >= 15 is 0 Å². The topological polar surface area (TPSA) is 87.7 Å². The van der Waals surface area contributed by atoms with Gasteiger partial charge in [0.25, 0.3) is 5.91 Å². The van der Waals surface area contributed by atoms with Crippen molar-refractivity contribution in [3.05, 3.63) is 65.2 Å². The molecule has 0 spiro atoms. The zero-order valence-electron chi connectivity index (χ0n) is 24.5. The molecule has 0 aliphatic rings. The first-order valence-electron chi connectivity index (χ1n) is 13.7. The highest BCUT2D eigenvalue weighted by molar-refractivity contribution is 7.98. The number of carbonyl (C=O) groups is 3. The van der Waals surface area contributed by atoms with Gasteiger partial charge in [-0.05, 0) is 76.7 Å². The first-order valence-corrected chi connectivity index (χ1v) is 15.1. The molecule has 3 amide bonds. The number of anilines is 1. The fourth-order valence-corrected chi connectivity index (χ4v) is 4.74. The third kappa shape index (κ3) is 10.6. The van der Waals surface area contributed by atoms with Gasteiger partial charge in [-0.3, -0.25) is 9.59 Å². The quantitative estimate of drug-likeness (QED) is 0.270. The fourth-order valence-electron chi connectivity index (χ4n) is 4.27. The Balaban J connectivity index is 2.52. The Morgan fingerprint density at radius 1 is 1.03 bits per heavy atom. The number of aryl methyl sites for hydroxylation is 2. The van der Waals surface area contributed by atoms with Gasteiger partial charge in [-0.2, -0.15) is 11.8 Å². The minimum atomic E-state index is -0.869. The van der Waals surface area contributed by atoms with Crippen molar-refractivity contribution < 1.29 is 19.1 Å². The summed E-state index contributed by atoms with van der Waals surface area (Å²) in [7, 11) is 0. The number of hydrogen-bond donors (Lipinski definition) is 2. The number of amides is 3. The maximum absolute atomic E-state index is 14.2. The number of hydrogen-bond acceptors (Lipinski definition) is 5. The molecule has 2 atom stereocenters. The van der Waals surface area contributed by atoms with Gasteiger partial charge in [0, 0.05) is 12.2 Å². The van der Waals surface area contributed by atoms with Gasteiger partial charge in [-0.15, -0.1) is 0 Å². The molecule has 7 nitrogen and oxygen atoms in total. The second-order valence-corrected chi connectivity index (χ2v) is 11.8. The molecule has 0 saturated heterocycles. The Labute approximate surface area is 238 Å². The van der Waals surface area contributed by atoms with Crippen LogP contribution in [0.4, 0.5) is 10.5 Å². The van der Waals surface area contributed by atoms with E-state index in [2.05, 4.69) is 17.6 Å². The minimum Gasteiger partial charge on any atom is -0.444 e. The Morgan fingerprint density at radius 2 is 1.74 bits per heavy atom. The highest BCUT2D eigenvalue weighted by Gasteiger charge is 2.36. The smallest absolute Gasteiger partial charge is 0.408 e. The molecule has 0 heterocycles. The molecule has 0 aliphatic carbocycles. The lowest BCUT2D eigenvalue weighted by Gasteiger charge is -2.35. The van der Waals surface area contributed by atoms with Crippen LogP contribution in [-0.2, 0) is 14.3 Å². The summed E-state index contributed by atoms with van der Waals surface area (Å²) in [6.45, 7) is 11.7. The minimum absolute atomic E-state index is 0.291. The first kappa shape index (κ1) is 32.2. The van der Waals surface area contributed by atoms with Crippen LogP contribution < -0.4 is 10.6 Å². The number of para-hydroxylation sites is 1. The molecule has 39 heavy (non-hydrogen) atoms. The van der Waals surface area contributed by atoms with Crippen molar-refractivity contribution in [1.82, 2.24) is 10.2 Å². The summed E-state index contributed by atoms with van der Waals surface area (Å²) in [5.41, 5.74) is 2.66. The summed E-state index contributed by atoms with van der Waals surface area (Å²) < 4.78 is 5.47. The normalized spacial score (nSPS) is 12.8. The second kappa shape index (κ2) is 15.6. The summed E-state index contributed by atoms with van der Waals surface area (Å²) >= 11 is 1.60. The molecule has 0 aliphatic heterocycles. The summed E-state index contributed by atoms with van der Waals surface area (Å²) in [5.74, 6) is 0.0811. The predicted octanol–water partition coefficient (Wildman–Crippen LogP) is 6.65. The van der Waals surface area contributed by atoms with Gasteiger partial charge in [0.1, 0.15) is 17.7 Å². The van der Waals surface area contributed by atoms with Crippen LogP contribution in [0.15, 0.2) is 48.5 Å². The largest absolute Gasteiger partial charge is 0.444 e. The summed E-state index contributed by atoms with van der Waals surface area (Å²) in [4.78, 5) is 42.6. The Kier molecular flexibility index (Phi) is 12.8. The molecule has 0 bridgehead atoms. The van der Waals surface area contributed by atoms with Crippen molar-refractivity contribution >= 4 is 35.4 Å². The van der Waals surface area contributed by atoms with Gasteiger partial charge in [-0.1, -0.05) is 67.8 Å². The van der Waals surface area contributed by atoms with Crippen LogP contribution in [0.3, 0.4) is 0 Å². The molecule has 214 valence electrons. The molecule has 2 unspecified atom stereocenters. The van der Waals surface area contributed by atoms with Crippen LogP contribution >= 0.6 is 11.8 Å². The van der Waals surface area contributed by atoms with Crippen LogP contribution in [0, 0.1) is 13.8 Å². The van der Waals surface area contributed by atoms with E-state index in [0.29, 0.717) is 24.4 Å². The highest BCUT2D eigenvalue weighted by atomic mass is 32.2. The number of thioether (sulfide) groups is 1. The van der Waals surface area contributed by atoms with E-state index in [1.165, 1.54) is 0 Å². The van der Waals surface area contributed by atoms with Crippen LogP contribution in [0.5, 0.6) is 0 Å². The molecule has 0 fully saturated rings. The van der Waals surface area contributed by atoms with Gasteiger partial charge in [-0.25, -0.2) is 4.79 Å². The van der Waals surface area contributed by atoms with Crippen molar-refractivity contribution in [2.75, 3.05) is 23.9 Å². The van der Waals surface area contributed by atoms with Crippen molar-refractivity contribution in [2.45, 2.75) is 84.9 Å². The van der Waals surface area contributed by atoms with E-state index in [9.17, 15) is 14.4 Å². The van der Waals surface area contributed by atoms with Gasteiger partial charge in [0.05, 0.1) is 0 Å². The lowest BCUT2D eigenvalue weighted by Crippen LogP contribution is -2.52. The number of ether oxygens (including phenoxy) is 1. The fraction of sp³-hybridized carbons (Fsp3) is 0.516. The van der Waals surface area contributed by atoms with E-state index in [4.69, 9.17) is 4.74 Å². The monoisotopic (exact) mass is 555 g/mol. The van der Waals surface area contributed by atoms with E-state index in [1.54, 1.807) is 37.4 Å². The maximum Gasteiger partial charge on any atom is 0.408 e. The number of carbonyl (C=O) groups excluding carboxylic acids is 3. The molecular weight excluding hydrogens is 510 g/mol. The lowest BCUT2D eigenvalue weighted by molar-refractivity contribution is -0.141. The molecule has 2 aromatic carbocycles. The number of rotatable bonds is 13. The zero-order chi connectivity index (χ0) is 29.0. The van der Waals surface area contributed by atoms with Crippen LogP contribution in [0.2, 0.25) is 0 Å². The number of nitrogens with zero attached hydrogens (tertiary/aromatic N) is 1. The number of nitrogens with one attached hydrogen (secondary N) is 2. The number of benzene rings is 2. The van der Waals surface area contributed by atoms with Crippen molar-refractivity contribution in [2.24, 2.45) is 0 Å². The standard InChI is InChI=1S/C31H45N3O4S/c1-8-9-12-19-34(29(36)26(18-20-39-7)33-30(37)38-31(4,5)6)27(24-16-13-14-22(2)21-24)28(35)32-25-17-11-10-15-23(25)3/h10-11,13-17,21,26-27H,8-9,12,18-20H2,1-7H3,(H,32,35)(H,33,37). The Morgan fingerprint density at radius 3 is 2.36 bits per heavy atom. The van der Waals surface area contributed by atoms with E-state index in [0.717, 1.165) is 36.0 Å². The Bertz CT molecular complexity index is 1100. The highest BCUT2D eigenvalue weighted by Crippen LogP contribution is 2.27. The summed E-state index contributed by atoms with van der Waals surface area (Å²) in [6.07, 6.45) is 4.36. The SMILES string of the molecule is CCCCCN(C(=O)C(CCSC)NC(=O)OC(C)(C)C)C(C(=O)Nc1ccccc1C)c1cccc(C)c1. The first-order chi connectivity index (χ1) is 18.5. The second-order valence-electron chi connectivity index (χ2n) is 10.8. The third-order valence-corrected chi connectivity index (χ3v) is 6.85. The van der Waals surface area contributed by atoms with E-state index in [-0.39, 0.29) is 11.8 Å². The van der Waals surface area contributed by atoms with Crippen LogP contribution in [-0.4, -0.2) is 53.0 Å². The number of unbranched alkanes of at least 4 members (excludes halogenated alkanes) is 2. The summed E-state index contributed by atoms with van der Waals surface area (Å²) in [6, 6.07) is 13.6. The molecule has 2 N–H and O–H groups in total. The van der Waals surface area contributed by atoms with Crippen LogP contribution in [0.1, 0.15) is 76.1 Å². The third-order valence-electron chi connectivity index (χ3n) is 6.21. The van der Waals surface area contributed by atoms with Gasteiger partial charge < -0.3 is 20.3 Å². The lowest BCUT2D eigenvalue weighted by atomic mass is 9.99. The maximum atomic E-state index is 14.2. The molecular formula is C31H45N3O4S. The van der Waals surface area contributed by atoms with E-state index < -0.39 is 23.8 Å².